The van der Waals surface area contributed by atoms with Gasteiger partial charge in [0.1, 0.15) is 5.82 Å². The fourth-order valence-corrected chi connectivity index (χ4v) is 2.24. The van der Waals surface area contributed by atoms with Crippen LogP contribution in [0, 0.1) is 12.7 Å². The Morgan fingerprint density at radius 2 is 2.00 bits per heavy atom. The summed E-state index contributed by atoms with van der Waals surface area (Å²) in [6, 6.07) is 9.70. The maximum atomic E-state index is 13.6. The Kier molecular flexibility index (Phi) is 4.38. The van der Waals surface area contributed by atoms with E-state index in [-0.39, 0.29) is 12.2 Å². The molecule has 0 N–H and O–H groups in total. The molecule has 4 heteroatoms. The van der Waals surface area contributed by atoms with Gasteiger partial charge in [0.15, 0.2) is 5.78 Å². The van der Waals surface area contributed by atoms with Crippen LogP contribution in [0.4, 0.5) is 4.39 Å². The average molecular weight is 342 g/mol. The number of hydrogen-bond donors (Lipinski definition) is 0. The molecule has 0 atom stereocenters. The zero-order chi connectivity index (χ0) is 14.0. The molecule has 0 saturated heterocycles. The van der Waals surface area contributed by atoms with Crippen LogP contribution in [-0.2, 0) is 6.42 Å². The number of carbonyl (C=O) groups is 1. The number of carbonyl (C=O) groups excluding carboxylic acids is 1. The van der Waals surface area contributed by atoms with Crippen LogP contribution in [-0.4, -0.2) is 5.78 Å². The summed E-state index contributed by atoms with van der Waals surface area (Å²) in [6.45, 7) is 1.94. The third kappa shape index (κ3) is 3.43. The Hall–Kier alpha value is -1.19. The molecule has 0 aliphatic heterocycles. The number of Topliss-reactive ketones (excluding diaryl/α,β-unsaturated/α-hetero) is 1. The molecule has 2 aromatic carbocycles. The van der Waals surface area contributed by atoms with E-state index < -0.39 is 5.82 Å². The van der Waals surface area contributed by atoms with Gasteiger partial charge in [0.25, 0.3) is 0 Å². The predicted molar refractivity (Wildman–Crippen MR) is 78.3 cm³/mol. The summed E-state index contributed by atoms with van der Waals surface area (Å²) in [5.41, 5.74) is 1.96. The molecule has 2 rings (SSSR count). The molecule has 0 aliphatic rings. The van der Waals surface area contributed by atoms with Crippen molar-refractivity contribution in [1.29, 1.82) is 0 Å². The van der Waals surface area contributed by atoms with Gasteiger partial charge in [-0.1, -0.05) is 45.7 Å². The van der Waals surface area contributed by atoms with Gasteiger partial charge in [-0.2, -0.15) is 0 Å². The lowest BCUT2D eigenvalue weighted by Crippen LogP contribution is -2.05. The second-order valence-corrected chi connectivity index (χ2v) is 5.59. The van der Waals surface area contributed by atoms with Crippen LogP contribution >= 0.6 is 27.5 Å². The van der Waals surface area contributed by atoms with Crippen molar-refractivity contribution >= 4 is 33.3 Å². The minimum absolute atomic E-state index is 0.0263. The first-order chi connectivity index (χ1) is 8.97. The third-order valence-corrected chi connectivity index (χ3v) is 3.95. The lowest BCUT2D eigenvalue weighted by Gasteiger charge is -2.05. The minimum atomic E-state index is -0.452. The molecule has 0 bridgehead atoms. The van der Waals surface area contributed by atoms with Crippen molar-refractivity contribution in [2.24, 2.45) is 0 Å². The third-order valence-electron chi connectivity index (χ3n) is 2.86. The van der Waals surface area contributed by atoms with Crippen LogP contribution in [0.25, 0.3) is 0 Å². The molecule has 98 valence electrons. The summed E-state index contributed by atoms with van der Waals surface area (Å²) in [5.74, 6) is -0.575. The number of rotatable bonds is 3. The van der Waals surface area contributed by atoms with Crippen LogP contribution in [0.1, 0.15) is 21.5 Å². The fraction of sp³-hybridized carbons (Fsp3) is 0.133. The van der Waals surface area contributed by atoms with Crippen LogP contribution in [0.15, 0.2) is 40.9 Å². The van der Waals surface area contributed by atoms with E-state index in [0.717, 1.165) is 10.0 Å². The van der Waals surface area contributed by atoms with Crippen molar-refractivity contribution in [3.05, 3.63) is 68.4 Å². The molecule has 0 spiro atoms. The average Bonchev–Trinajstić information content (AvgIpc) is 2.36. The van der Waals surface area contributed by atoms with Gasteiger partial charge in [-0.05, 0) is 36.2 Å². The summed E-state index contributed by atoms with van der Waals surface area (Å²) in [4.78, 5) is 12.1. The van der Waals surface area contributed by atoms with Crippen molar-refractivity contribution in [3.8, 4) is 0 Å². The number of hydrogen-bond acceptors (Lipinski definition) is 1. The molecular weight excluding hydrogens is 331 g/mol. The van der Waals surface area contributed by atoms with Crippen molar-refractivity contribution in [2.45, 2.75) is 13.3 Å². The molecule has 0 aliphatic carbocycles. The second kappa shape index (κ2) is 5.85. The summed E-state index contributed by atoms with van der Waals surface area (Å²) in [5, 5.41) is 0.326. The highest BCUT2D eigenvalue weighted by atomic mass is 79.9. The molecule has 2 aromatic rings. The summed E-state index contributed by atoms with van der Waals surface area (Å²) in [7, 11) is 0. The van der Waals surface area contributed by atoms with E-state index in [1.807, 2.05) is 13.0 Å². The van der Waals surface area contributed by atoms with Gasteiger partial charge < -0.3 is 0 Å². The first-order valence-electron chi connectivity index (χ1n) is 5.70. The van der Waals surface area contributed by atoms with Crippen LogP contribution in [0.5, 0.6) is 0 Å². The topological polar surface area (TPSA) is 17.1 Å². The van der Waals surface area contributed by atoms with Crippen molar-refractivity contribution in [3.63, 3.8) is 0 Å². The maximum Gasteiger partial charge on any atom is 0.167 e. The SMILES string of the molecule is Cc1ccc(C(=O)Cc2ccc(Cl)cc2F)cc1Br. The van der Waals surface area contributed by atoms with E-state index in [9.17, 15) is 9.18 Å². The van der Waals surface area contributed by atoms with E-state index in [2.05, 4.69) is 15.9 Å². The highest BCUT2D eigenvalue weighted by molar-refractivity contribution is 9.10. The Balaban J connectivity index is 2.23. The van der Waals surface area contributed by atoms with Gasteiger partial charge in [0.2, 0.25) is 0 Å². The molecule has 0 saturated carbocycles. The van der Waals surface area contributed by atoms with Crippen molar-refractivity contribution in [2.75, 3.05) is 0 Å². The van der Waals surface area contributed by atoms with Gasteiger partial charge in [-0.3, -0.25) is 4.79 Å². The standard InChI is InChI=1S/C15H11BrClFO/c1-9-2-3-11(6-13(9)16)15(19)7-10-4-5-12(17)8-14(10)18/h2-6,8H,7H2,1H3. The smallest absolute Gasteiger partial charge is 0.167 e. The lowest BCUT2D eigenvalue weighted by atomic mass is 10.0. The summed E-state index contributed by atoms with van der Waals surface area (Å²) >= 11 is 9.06. The molecule has 0 aromatic heterocycles. The predicted octanol–water partition coefficient (Wildman–Crippen LogP) is 4.98. The first kappa shape index (κ1) is 14.2. The van der Waals surface area contributed by atoms with Crippen LogP contribution in [0.3, 0.4) is 0 Å². The second-order valence-electron chi connectivity index (χ2n) is 4.30. The van der Waals surface area contributed by atoms with Gasteiger partial charge in [-0.25, -0.2) is 4.39 Å². The summed E-state index contributed by atoms with van der Waals surface area (Å²) in [6.07, 6.45) is 0.0263. The minimum Gasteiger partial charge on any atom is -0.294 e. The highest BCUT2D eigenvalue weighted by Crippen LogP contribution is 2.20. The van der Waals surface area contributed by atoms with Gasteiger partial charge in [0.05, 0.1) is 0 Å². The maximum absolute atomic E-state index is 13.6. The molecular formula is C15H11BrClFO. The molecule has 0 fully saturated rings. The quantitative estimate of drug-likeness (QED) is 0.720. The number of benzene rings is 2. The van der Waals surface area contributed by atoms with Crippen LogP contribution < -0.4 is 0 Å². The van der Waals surface area contributed by atoms with E-state index >= 15 is 0 Å². The normalized spacial score (nSPS) is 10.5. The van der Waals surface area contributed by atoms with Crippen molar-refractivity contribution < 1.29 is 9.18 Å². The monoisotopic (exact) mass is 340 g/mol. The van der Waals surface area contributed by atoms with Crippen molar-refractivity contribution in [1.82, 2.24) is 0 Å². The van der Waals surface area contributed by atoms with Gasteiger partial charge in [0, 0.05) is 21.5 Å². The van der Waals surface area contributed by atoms with E-state index in [0.29, 0.717) is 16.1 Å². The number of halogens is 3. The van der Waals surface area contributed by atoms with E-state index in [1.54, 1.807) is 24.3 Å². The molecule has 0 heterocycles. The summed E-state index contributed by atoms with van der Waals surface area (Å²) < 4.78 is 14.5. The Bertz CT molecular complexity index is 640. The fourth-order valence-electron chi connectivity index (χ4n) is 1.71. The molecule has 0 amide bonds. The molecule has 0 radical (unpaired) electrons. The van der Waals surface area contributed by atoms with Crippen LogP contribution in [0.2, 0.25) is 5.02 Å². The highest BCUT2D eigenvalue weighted by Gasteiger charge is 2.11. The van der Waals surface area contributed by atoms with Gasteiger partial charge >= 0.3 is 0 Å². The Morgan fingerprint density at radius 1 is 1.26 bits per heavy atom. The first-order valence-corrected chi connectivity index (χ1v) is 6.88. The molecule has 1 nitrogen and oxygen atoms in total. The molecule has 19 heavy (non-hydrogen) atoms. The van der Waals surface area contributed by atoms with E-state index in [4.69, 9.17) is 11.6 Å². The van der Waals surface area contributed by atoms with E-state index in [1.165, 1.54) is 6.07 Å². The number of ketones is 1. The lowest BCUT2D eigenvalue weighted by molar-refractivity contribution is 0.0992. The largest absolute Gasteiger partial charge is 0.294 e. The molecule has 0 unspecified atom stereocenters. The zero-order valence-corrected chi connectivity index (χ0v) is 12.6. The number of aryl methyl sites for hydroxylation is 1. The Morgan fingerprint density at radius 3 is 2.63 bits per heavy atom. The Labute approximate surface area is 124 Å². The zero-order valence-electron chi connectivity index (χ0n) is 10.2. The van der Waals surface area contributed by atoms with Gasteiger partial charge in [-0.15, -0.1) is 0 Å².